The topological polar surface area (TPSA) is 75.6 Å². The molecule has 0 saturated heterocycles. The van der Waals surface area contributed by atoms with E-state index < -0.39 is 0 Å². The summed E-state index contributed by atoms with van der Waals surface area (Å²) in [5, 5.41) is 12.7. The van der Waals surface area contributed by atoms with E-state index in [0.717, 1.165) is 29.7 Å². The first-order valence-corrected chi connectivity index (χ1v) is 7.62. The Hall–Kier alpha value is -2.30. The second-order valence-corrected chi connectivity index (χ2v) is 5.63. The number of phenolic OH excluding ortho intramolecular Hbond substituents is 1. The van der Waals surface area contributed by atoms with Crippen LogP contribution in [0.5, 0.6) is 11.5 Å². The summed E-state index contributed by atoms with van der Waals surface area (Å²) in [6.45, 7) is 2.28. The summed E-state index contributed by atoms with van der Waals surface area (Å²) in [5.41, 5.74) is 2.32. The summed E-state index contributed by atoms with van der Waals surface area (Å²) >= 11 is 0. The second kappa shape index (κ2) is 5.83. The second-order valence-electron chi connectivity index (χ2n) is 5.63. The largest absolute Gasteiger partial charge is 0.504 e. The zero-order valence-electron chi connectivity index (χ0n) is 12.5. The van der Waals surface area contributed by atoms with Crippen molar-refractivity contribution in [2.75, 3.05) is 6.61 Å². The fourth-order valence-corrected chi connectivity index (χ4v) is 3.21. The van der Waals surface area contributed by atoms with Crippen molar-refractivity contribution < 1.29 is 19.4 Å². The van der Waals surface area contributed by atoms with Gasteiger partial charge in [-0.1, -0.05) is 6.07 Å². The van der Waals surface area contributed by atoms with E-state index in [0.29, 0.717) is 18.8 Å². The zero-order valence-corrected chi connectivity index (χ0v) is 12.5. The monoisotopic (exact) mass is 301 g/mol. The zero-order chi connectivity index (χ0) is 15.7. The van der Waals surface area contributed by atoms with Crippen LogP contribution in [0.4, 0.5) is 0 Å². The number of hydrogen-bond acceptors (Lipinski definition) is 4. The molecule has 1 aliphatic heterocycles. The molecular formula is C17H19NO4. The molecule has 0 spiro atoms. The van der Waals surface area contributed by atoms with Crippen molar-refractivity contribution in [2.24, 2.45) is 0 Å². The quantitative estimate of drug-likeness (QED) is 0.899. The van der Waals surface area contributed by atoms with Crippen molar-refractivity contribution in [1.29, 1.82) is 0 Å². The van der Waals surface area contributed by atoms with Crippen molar-refractivity contribution in [1.82, 2.24) is 5.32 Å². The van der Waals surface area contributed by atoms with E-state index in [1.54, 1.807) is 18.2 Å². The van der Waals surface area contributed by atoms with Crippen LogP contribution in [-0.2, 0) is 9.59 Å². The number of aromatic hydroxyl groups is 1. The van der Waals surface area contributed by atoms with Gasteiger partial charge in [-0.15, -0.1) is 0 Å². The minimum atomic E-state index is -0.253. The standard InChI is InChI=1S/C17H19NO4/c1-2-22-15-8-10(6-7-13(15)19)11-9-16(21)18-12-4-3-5-14(20)17(11)12/h6-8,11,19H,2-5,9H2,1H3,(H,18,21). The Morgan fingerprint density at radius 2 is 2.14 bits per heavy atom. The van der Waals surface area contributed by atoms with Gasteiger partial charge in [0.1, 0.15) is 0 Å². The first-order chi connectivity index (χ1) is 10.6. The molecule has 1 amide bonds. The molecule has 0 aromatic heterocycles. The number of ketones is 1. The first kappa shape index (κ1) is 14.6. The number of benzene rings is 1. The van der Waals surface area contributed by atoms with Crippen molar-refractivity contribution in [3.63, 3.8) is 0 Å². The Labute approximate surface area is 129 Å². The van der Waals surface area contributed by atoms with Crippen LogP contribution in [0, 0.1) is 0 Å². The van der Waals surface area contributed by atoms with E-state index in [1.165, 1.54) is 0 Å². The van der Waals surface area contributed by atoms with E-state index in [-0.39, 0.29) is 29.8 Å². The summed E-state index contributed by atoms with van der Waals surface area (Å²) in [7, 11) is 0. The fourth-order valence-electron chi connectivity index (χ4n) is 3.21. The molecule has 5 nitrogen and oxygen atoms in total. The first-order valence-electron chi connectivity index (χ1n) is 7.62. The van der Waals surface area contributed by atoms with Crippen LogP contribution in [0.25, 0.3) is 0 Å². The van der Waals surface area contributed by atoms with Gasteiger partial charge in [-0.3, -0.25) is 9.59 Å². The molecule has 2 N–H and O–H groups in total. The number of rotatable bonds is 3. The lowest BCUT2D eigenvalue weighted by atomic mass is 9.78. The van der Waals surface area contributed by atoms with Gasteiger partial charge in [-0.05, 0) is 37.5 Å². The van der Waals surface area contributed by atoms with Crippen LogP contribution in [-0.4, -0.2) is 23.4 Å². The Bertz CT molecular complexity index is 663. The molecule has 1 aromatic carbocycles. The lowest BCUT2D eigenvalue weighted by Crippen LogP contribution is -2.36. The molecule has 0 radical (unpaired) electrons. The Morgan fingerprint density at radius 3 is 2.91 bits per heavy atom. The van der Waals surface area contributed by atoms with Crippen molar-refractivity contribution >= 4 is 11.7 Å². The minimum Gasteiger partial charge on any atom is -0.504 e. The lowest BCUT2D eigenvalue weighted by Gasteiger charge is -2.31. The van der Waals surface area contributed by atoms with Gasteiger partial charge in [-0.25, -0.2) is 0 Å². The van der Waals surface area contributed by atoms with Gasteiger partial charge in [0, 0.05) is 30.0 Å². The molecule has 0 saturated carbocycles. The highest BCUT2D eigenvalue weighted by molar-refractivity contribution is 6.01. The highest BCUT2D eigenvalue weighted by atomic mass is 16.5. The maximum atomic E-state index is 12.3. The summed E-state index contributed by atoms with van der Waals surface area (Å²) in [6.07, 6.45) is 2.30. The van der Waals surface area contributed by atoms with E-state index in [2.05, 4.69) is 5.32 Å². The molecule has 1 atom stereocenters. The van der Waals surface area contributed by atoms with Crippen LogP contribution in [0.1, 0.15) is 44.1 Å². The van der Waals surface area contributed by atoms with Crippen molar-refractivity contribution in [2.45, 2.75) is 38.5 Å². The third-order valence-electron chi connectivity index (χ3n) is 4.17. The van der Waals surface area contributed by atoms with Gasteiger partial charge < -0.3 is 15.2 Å². The number of amides is 1. The SMILES string of the molecule is CCOc1cc(C2CC(=O)NC3=C2C(=O)CCC3)ccc1O. The number of ether oxygens (including phenoxy) is 1. The van der Waals surface area contributed by atoms with E-state index in [9.17, 15) is 14.7 Å². The van der Waals surface area contributed by atoms with Crippen LogP contribution >= 0.6 is 0 Å². The van der Waals surface area contributed by atoms with E-state index in [4.69, 9.17) is 4.74 Å². The summed E-state index contributed by atoms with van der Waals surface area (Å²) in [5.74, 6) is 0.240. The van der Waals surface area contributed by atoms with E-state index >= 15 is 0 Å². The van der Waals surface area contributed by atoms with Crippen molar-refractivity contribution in [3.05, 3.63) is 35.0 Å². The van der Waals surface area contributed by atoms with Gasteiger partial charge in [0.15, 0.2) is 17.3 Å². The Morgan fingerprint density at radius 1 is 1.32 bits per heavy atom. The number of hydrogen-bond donors (Lipinski definition) is 2. The van der Waals surface area contributed by atoms with Gasteiger partial charge in [0.2, 0.25) is 5.91 Å². The predicted octanol–water partition coefficient (Wildman–Crippen LogP) is 2.40. The molecule has 22 heavy (non-hydrogen) atoms. The third kappa shape index (κ3) is 2.58. The van der Waals surface area contributed by atoms with Crippen LogP contribution < -0.4 is 10.1 Å². The molecule has 116 valence electrons. The number of carbonyl (C=O) groups is 2. The average molecular weight is 301 g/mol. The smallest absolute Gasteiger partial charge is 0.225 e. The number of Topliss-reactive ketones (excluding diaryl/α,β-unsaturated/α-hetero) is 1. The lowest BCUT2D eigenvalue weighted by molar-refractivity contribution is -0.122. The number of carbonyl (C=O) groups excluding carboxylic acids is 2. The van der Waals surface area contributed by atoms with Gasteiger partial charge >= 0.3 is 0 Å². The number of phenols is 1. The van der Waals surface area contributed by atoms with Crippen LogP contribution in [0.3, 0.4) is 0 Å². The molecule has 2 aliphatic rings. The molecule has 3 rings (SSSR count). The molecule has 1 aromatic rings. The predicted molar refractivity (Wildman–Crippen MR) is 80.7 cm³/mol. The fraction of sp³-hybridized carbons (Fsp3) is 0.412. The Kier molecular flexibility index (Phi) is 3.88. The van der Waals surface area contributed by atoms with Gasteiger partial charge in [0.25, 0.3) is 0 Å². The summed E-state index contributed by atoms with van der Waals surface area (Å²) < 4.78 is 5.41. The summed E-state index contributed by atoms with van der Waals surface area (Å²) in [6, 6.07) is 5.04. The maximum absolute atomic E-state index is 12.3. The third-order valence-corrected chi connectivity index (χ3v) is 4.17. The average Bonchev–Trinajstić information content (AvgIpc) is 2.49. The molecule has 1 heterocycles. The van der Waals surface area contributed by atoms with Crippen molar-refractivity contribution in [3.8, 4) is 11.5 Å². The molecule has 0 fully saturated rings. The van der Waals surface area contributed by atoms with Gasteiger partial charge in [0.05, 0.1) is 6.61 Å². The molecular weight excluding hydrogens is 282 g/mol. The molecule has 5 heteroatoms. The number of allylic oxidation sites excluding steroid dienone is 2. The van der Waals surface area contributed by atoms with E-state index in [1.807, 2.05) is 6.92 Å². The highest BCUT2D eigenvalue weighted by Gasteiger charge is 2.34. The normalized spacial score (nSPS) is 21.4. The maximum Gasteiger partial charge on any atom is 0.225 e. The van der Waals surface area contributed by atoms with Gasteiger partial charge in [-0.2, -0.15) is 0 Å². The number of nitrogens with one attached hydrogen (secondary N) is 1. The van der Waals surface area contributed by atoms with Crippen LogP contribution in [0.15, 0.2) is 29.5 Å². The highest BCUT2D eigenvalue weighted by Crippen LogP contribution is 2.40. The molecule has 1 unspecified atom stereocenters. The molecule has 0 bridgehead atoms. The summed E-state index contributed by atoms with van der Waals surface area (Å²) in [4.78, 5) is 24.3. The Balaban J connectivity index is 2.04. The van der Waals surface area contributed by atoms with Crippen LogP contribution in [0.2, 0.25) is 0 Å². The molecule has 1 aliphatic carbocycles. The minimum absolute atomic E-state index is 0.0648.